The summed E-state index contributed by atoms with van der Waals surface area (Å²) in [6.07, 6.45) is 0.668. The summed E-state index contributed by atoms with van der Waals surface area (Å²) >= 11 is 11.8. The predicted octanol–water partition coefficient (Wildman–Crippen LogP) is 4.07. The van der Waals surface area contributed by atoms with E-state index in [1.165, 1.54) is 11.9 Å². The zero-order valence-electron chi connectivity index (χ0n) is 13.2. The Balaban J connectivity index is 2.45. The number of likely N-dealkylation sites (N-methyl/N-ethyl adjacent to an activating group) is 1. The van der Waals surface area contributed by atoms with E-state index in [-0.39, 0.29) is 0 Å². The average molecular weight is 380 g/mol. The molecule has 5 nitrogen and oxygen atoms in total. The molecule has 25 heavy (non-hydrogen) atoms. The van der Waals surface area contributed by atoms with Crippen LogP contribution in [0.3, 0.4) is 0 Å². The van der Waals surface area contributed by atoms with Crippen molar-refractivity contribution in [3.63, 3.8) is 0 Å². The third-order valence-corrected chi connectivity index (χ3v) is 4.09. The molecule has 0 atom stereocenters. The molecule has 2 N–H and O–H groups in total. The summed E-state index contributed by atoms with van der Waals surface area (Å²) in [4.78, 5) is 24.4. The van der Waals surface area contributed by atoms with Gasteiger partial charge in [-0.25, -0.2) is 4.79 Å². The van der Waals surface area contributed by atoms with Crippen LogP contribution < -0.4 is 0 Å². The molecule has 130 valence electrons. The van der Waals surface area contributed by atoms with Crippen LogP contribution in [0, 0.1) is 0 Å². The van der Waals surface area contributed by atoms with Gasteiger partial charge in [0.05, 0.1) is 12.1 Å². The molecule has 0 radical (unpaired) electrons. The zero-order chi connectivity index (χ0) is 18.6. The average Bonchev–Trinajstić information content (AvgIpc) is 2.58. The Morgan fingerprint density at radius 3 is 1.68 bits per heavy atom. The van der Waals surface area contributed by atoms with Gasteiger partial charge in [-0.3, -0.25) is 4.79 Å². The number of benzene rings is 2. The van der Waals surface area contributed by atoms with Gasteiger partial charge in [0.25, 0.3) is 5.91 Å². The lowest BCUT2D eigenvalue weighted by Gasteiger charge is -2.28. The van der Waals surface area contributed by atoms with Gasteiger partial charge >= 0.3 is 5.97 Å². The van der Waals surface area contributed by atoms with Crippen molar-refractivity contribution >= 4 is 35.1 Å². The van der Waals surface area contributed by atoms with Crippen LogP contribution in [0.5, 0.6) is 0 Å². The summed E-state index contributed by atoms with van der Waals surface area (Å²) in [6, 6.07) is 13.4. The molecule has 2 rings (SSSR count). The topological polar surface area (TPSA) is 77.8 Å². The van der Waals surface area contributed by atoms with Crippen molar-refractivity contribution in [2.45, 2.75) is 6.04 Å². The molecule has 0 bridgehead atoms. The molecule has 0 aliphatic heterocycles. The lowest BCUT2D eigenvalue weighted by atomic mass is 9.97. The van der Waals surface area contributed by atoms with E-state index in [2.05, 4.69) is 0 Å². The van der Waals surface area contributed by atoms with Gasteiger partial charge in [-0.15, -0.1) is 0 Å². The summed E-state index contributed by atoms with van der Waals surface area (Å²) in [5.74, 6) is -3.26. The lowest BCUT2D eigenvalue weighted by Crippen LogP contribution is -2.31. The minimum absolute atomic E-state index is 0.514. The van der Waals surface area contributed by atoms with E-state index >= 15 is 0 Å². The van der Waals surface area contributed by atoms with Crippen LogP contribution in [-0.2, 0) is 9.59 Å². The molecule has 0 unspecified atom stereocenters. The van der Waals surface area contributed by atoms with Crippen LogP contribution in [0.25, 0.3) is 0 Å². The summed E-state index contributed by atoms with van der Waals surface area (Å²) in [7, 11) is 1.52. The van der Waals surface area contributed by atoms with Gasteiger partial charge in [0, 0.05) is 17.1 Å². The fourth-order valence-electron chi connectivity index (χ4n) is 2.34. The molecule has 0 saturated carbocycles. The molecular weight excluding hydrogens is 365 g/mol. The highest BCUT2D eigenvalue weighted by Gasteiger charge is 2.23. The van der Waals surface area contributed by atoms with Crippen molar-refractivity contribution < 1.29 is 19.8 Å². The number of carbonyl (C=O) groups is 2. The van der Waals surface area contributed by atoms with E-state index in [1.54, 1.807) is 48.5 Å². The molecule has 0 spiro atoms. The van der Waals surface area contributed by atoms with Gasteiger partial charge in [-0.2, -0.15) is 0 Å². The SMILES string of the molecule is CN(C(=O)/C=C(\O)C(=O)O)C(c1ccc(Cl)cc1)c1ccc(Cl)cc1. The van der Waals surface area contributed by atoms with Crippen LogP contribution in [0.15, 0.2) is 60.4 Å². The number of nitrogens with zero attached hydrogens (tertiary/aromatic N) is 1. The Kier molecular flexibility index (Phi) is 6.07. The molecule has 7 heteroatoms. The van der Waals surface area contributed by atoms with Crippen LogP contribution in [0.1, 0.15) is 17.2 Å². The normalized spacial score (nSPS) is 11.4. The van der Waals surface area contributed by atoms with Gasteiger partial charge in [0.2, 0.25) is 5.76 Å². The van der Waals surface area contributed by atoms with Crippen LogP contribution in [0.4, 0.5) is 0 Å². The van der Waals surface area contributed by atoms with Crippen molar-refractivity contribution in [1.82, 2.24) is 4.90 Å². The maximum absolute atomic E-state index is 12.4. The molecule has 0 saturated heterocycles. The first-order chi connectivity index (χ1) is 11.8. The molecule has 0 aliphatic carbocycles. The Labute approximate surface area is 154 Å². The van der Waals surface area contributed by atoms with Gasteiger partial charge in [0.1, 0.15) is 0 Å². The van der Waals surface area contributed by atoms with Crippen molar-refractivity contribution in [1.29, 1.82) is 0 Å². The maximum atomic E-state index is 12.4. The highest BCUT2D eigenvalue weighted by atomic mass is 35.5. The minimum Gasteiger partial charge on any atom is -0.502 e. The van der Waals surface area contributed by atoms with E-state index in [0.717, 1.165) is 11.1 Å². The van der Waals surface area contributed by atoms with Crippen molar-refractivity contribution in [3.05, 3.63) is 81.5 Å². The number of hydrogen-bond donors (Lipinski definition) is 2. The first kappa shape index (κ1) is 18.8. The van der Waals surface area contributed by atoms with E-state index in [4.69, 9.17) is 28.3 Å². The van der Waals surface area contributed by atoms with E-state index in [1.807, 2.05) is 0 Å². The molecule has 2 aromatic carbocycles. The van der Waals surface area contributed by atoms with Gasteiger partial charge in [0.15, 0.2) is 0 Å². The molecule has 2 aromatic rings. The summed E-state index contributed by atoms with van der Waals surface area (Å²) in [6.45, 7) is 0. The Morgan fingerprint density at radius 1 is 0.920 bits per heavy atom. The fourth-order valence-corrected chi connectivity index (χ4v) is 2.59. The van der Waals surface area contributed by atoms with Crippen molar-refractivity contribution in [2.24, 2.45) is 0 Å². The Bertz CT molecular complexity index is 755. The smallest absolute Gasteiger partial charge is 0.371 e. The minimum atomic E-state index is -1.57. The van der Waals surface area contributed by atoms with E-state index in [9.17, 15) is 14.7 Å². The maximum Gasteiger partial charge on any atom is 0.371 e. The fraction of sp³-hybridized carbons (Fsp3) is 0.111. The second-order valence-corrected chi connectivity index (χ2v) is 6.16. The standard InChI is InChI=1S/C18H15Cl2NO4/c1-21(16(23)10-15(22)18(24)25)17(11-2-6-13(19)7-3-11)12-4-8-14(20)9-5-12/h2-10,17,22H,1H3,(H,24,25)/b15-10-. The third kappa shape index (κ3) is 4.75. The monoisotopic (exact) mass is 379 g/mol. The van der Waals surface area contributed by atoms with Gasteiger partial charge in [-0.05, 0) is 35.4 Å². The first-order valence-electron chi connectivity index (χ1n) is 7.21. The number of aliphatic hydroxyl groups excluding tert-OH is 1. The molecule has 0 aromatic heterocycles. The van der Waals surface area contributed by atoms with E-state index in [0.29, 0.717) is 16.1 Å². The largest absolute Gasteiger partial charge is 0.502 e. The summed E-state index contributed by atoms with van der Waals surface area (Å²) in [5, 5.41) is 19.2. The predicted molar refractivity (Wildman–Crippen MR) is 95.9 cm³/mol. The van der Waals surface area contributed by atoms with Crippen molar-refractivity contribution in [2.75, 3.05) is 7.05 Å². The highest BCUT2D eigenvalue weighted by molar-refractivity contribution is 6.30. The molecule has 0 heterocycles. The molecule has 0 aliphatic rings. The number of rotatable bonds is 5. The van der Waals surface area contributed by atoms with Crippen LogP contribution >= 0.6 is 23.2 Å². The Morgan fingerprint density at radius 2 is 1.32 bits per heavy atom. The third-order valence-electron chi connectivity index (χ3n) is 3.59. The lowest BCUT2D eigenvalue weighted by molar-refractivity contribution is -0.136. The zero-order valence-corrected chi connectivity index (χ0v) is 14.7. The number of hydrogen-bond acceptors (Lipinski definition) is 3. The van der Waals surface area contributed by atoms with Gasteiger partial charge in [-0.1, -0.05) is 47.5 Å². The number of carbonyl (C=O) groups excluding carboxylic acids is 1. The Hall–Kier alpha value is -2.50. The molecular formula is C18H15Cl2NO4. The van der Waals surface area contributed by atoms with Crippen molar-refractivity contribution in [3.8, 4) is 0 Å². The summed E-state index contributed by atoms with van der Waals surface area (Å²) in [5.41, 5.74) is 1.54. The van der Waals surface area contributed by atoms with Crippen LogP contribution in [-0.4, -0.2) is 34.0 Å². The quantitative estimate of drug-likeness (QED) is 0.606. The highest BCUT2D eigenvalue weighted by Crippen LogP contribution is 2.29. The number of carboxylic acid groups (broad SMARTS) is 1. The number of amides is 1. The molecule has 1 amide bonds. The number of aliphatic hydroxyl groups is 1. The number of aliphatic carboxylic acids is 1. The van der Waals surface area contributed by atoms with E-state index < -0.39 is 23.7 Å². The second kappa shape index (κ2) is 8.05. The van der Waals surface area contributed by atoms with Crippen LogP contribution in [0.2, 0.25) is 10.0 Å². The summed E-state index contributed by atoms with van der Waals surface area (Å²) < 4.78 is 0. The number of carboxylic acids is 1. The number of halogens is 2. The first-order valence-corrected chi connectivity index (χ1v) is 7.97. The molecule has 0 fully saturated rings. The van der Waals surface area contributed by atoms with Gasteiger partial charge < -0.3 is 15.1 Å². The second-order valence-electron chi connectivity index (χ2n) is 5.29.